The second-order valence-electron chi connectivity index (χ2n) is 8.52. The lowest BCUT2D eigenvalue weighted by atomic mass is 9.95. The molecule has 0 bridgehead atoms. The third kappa shape index (κ3) is 2.68. The number of hydrogen-bond donors (Lipinski definition) is 1. The summed E-state index contributed by atoms with van der Waals surface area (Å²) in [6.07, 6.45) is 6.70. The minimum atomic E-state index is -1.05. The molecule has 2 aliphatic rings. The molecule has 1 fully saturated rings. The van der Waals surface area contributed by atoms with Gasteiger partial charge in [-0.15, -0.1) is 0 Å². The second-order valence-corrected chi connectivity index (χ2v) is 8.52. The van der Waals surface area contributed by atoms with Gasteiger partial charge in [0.15, 0.2) is 0 Å². The van der Waals surface area contributed by atoms with Crippen LogP contribution in [-0.2, 0) is 18.6 Å². The minimum Gasteiger partial charge on any atom is -0.384 e. The summed E-state index contributed by atoms with van der Waals surface area (Å²) in [6.45, 7) is 6.40. The van der Waals surface area contributed by atoms with Crippen LogP contribution in [0.4, 0.5) is 4.39 Å². The predicted octanol–water partition coefficient (Wildman–Crippen LogP) is 4.08. The fourth-order valence-corrected chi connectivity index (χ4v) is 5.30. The van der Waals surface area contributed by atoms with Crippen molar-refractivity contribution >= 4 is 10.9 Å². The van der Waals surface area contributed by atoms with E-state index in [0.717, 1.165) is 48.0 Å². The highest BCUT2D eigenvalue weighted by atomic mass is 19.1. The third-order valence-corrected chi connectivity index (χ3v) is 6.54. The first kappa shape index (κ1) is 17.8. The molecule has 2 atom stereocenters. The monoisotopic (exact) mass is 379 g/mol. The summed E-state index contributed by atoms with van der Waals surface area (Å²) in [5.41, 5.74) is 4.27. The van der Waals surface area contributed by atoms with Crippen LogP contribution in [0.3, 0.4) is 0 Å². The zero-order chi connectivity index (χ0) is 19.5. The molecule has 4 nitrogen and oxygen atoms in total. The molecule has 2 aromatic heterocycles. The largest absolute Gasteiger partial charge is 0.384 e. The summed E-state index contributed by atoms with van der Waals surface area (Å²) in [7, 11) is 0. The molecule has 3 aromatic rings. The van der Waals surface area contributed by atoms with E-state index in [-0.39, 0.29) is 5.82 Å². The Morgan fingerprint density at radius 2 is 2.18 bits per heavy atom. The van der Waals surface area contributed by atoms with Gasteiger partial charge in [0, 0.05) is 48.0 Å². The summed E-state index contributed by atoms with van der Waals surface area (Å²) in [5, 5.41) is 12.3. The SMILES string of the molecule is Cc1cc(F)cc2c3c(n(CC(C)(O)c4cccnc4)c12)CCN1CCCC31. The van der Waals surface area contributed by atoms with Crippen LogP contribution in [0.25, 0.3) is 10.9 Å². The molecule has 5 heteroatoms. The van der Waals surface area contributed by atoms with E-state index >= 15 is 0 Å². The molecule has 5 rings (SSSR count). The number of hydrogen-bond acceptors (Lipinski definition) is 3. The van der Waals surface area contributed by atoms with Crippen LogP contribution in [-0.4, -0.2) is 32.6 Å². The van der Waals surface area contributed by atoms with Gasteiger partial charge in [0.1, 0.15) is 11.4 Å². The number of nitrogens with zero attached hydrogens (tertiary/aromatic N) is 3. The Hall–Kier alpha value is -2.24. The zero-order valence-electron chi connectivity index (χ0n) is 16.5. The van der Waals surface area contributed by atoms with Crippen molar-refractivity contribution in [1.82, 2.24) is 14.5 Å². The minimum absolute atomic E-state index is 0.181. The summed E-state index contributed by atoms with van der Waals surface area (Å²) >= 11 is 0. The number of aliphatic hydroxyl groups is 1. The van der Waals surface area contributed by atoms with E-state index in [1.165, 1.54) is 17.7 Å². The molecule has 0 aliphatic carbocycles. The van der Waals surface area contributed by atoms with Crippen LogP contribution in [0.5, 0.6) is 0 Å². The lowest BCUT2D eigenvalue weighted by Crippen LogP contribution is -2.33. The van der Waals surface area contributed by atoms with E-state index in [1.807, 2.05) is 26.0 Å². The fourth-order valence-electron chi connectivity index (χ4n) is 5.30. The van der Waals surface area contributed by atoms with Crippen molar-refractivity contribution in [2.45, 2.75) is 51.3 Å². The Labute approximate surface area is 164 Å². The Kier molecular flexibility index (Phi) is 4.07. The summed E-state index contributed by atoms with van der Waals surface area (Å²) in [6, 6.07) is 7.44. The van der Waals surface area contributed by atoms with Gasteiger partial charge in [-0.3, -0.25) is 9.88 Å². The molecule has 28 heavy (non-hydrogen) atoms. The van der Waals surface area contributed by atoms with Crippen molar-refractivity contribution in [3.05, 3.63) is 64.9 Å². The highest BCUT2D eigenvalue weighted by Gasteiger charge is 2.37. The Morgan fingerprint density at radius 1 is 1.32 bits per heavy atom. The van der Waals surface area contributed by atoms with E-state index < -0.39 is 5.60 Å². The van der Waals surface area contributed by atoms with Gasteiger partial charge >= 0.3 is 0 Å². The molecule has 0 spiro atoms. The summed E-state index contributed by atoms with van der Waals surface area (Å²) in [4.78, 5) is 6.71. The number of halogens is 1. The van der Waals surface area contributed by atoms with E-state index in [4.69, 9.17) is 0 Å². The zero-order valence-corrected chi connectivity index (χ0v) is 16.5. The van der Waals surface area contributed by atoms with Crippen LogP contribution in [0, 0.1) is 12.7 Å². The first-order valence-corrected chi connectivity index (χ1v) is 10.1. The Balaban J connectivity index is 1.71. The maximum atomic E-state index is 14.3. The van der Waals surface area contributed by atoms with Crippen molar-refractivity contribution in [3.63, 3.8) is 0 Å². The number of aryl methyl sites for hydroxylation is 1. The van der Waals surface area contributed by atoms with Gasteiger partial charge < -0.3 is 9.67 Å². The summed E-state index contributed by atoms with van der Waals surface area (Å²) < 4.78 is 16.6. The van der Waals surface area contributed by atoms with E-state index in [0.29, 0.717) is 12.6 Å². The average Bonchev–Trinajstić information content (AvgIpc) is 3.25. The molecule has 2 unspecified atom stereocenters. The number of pyridine rings is 1. The molecular formula is C23H26FN3O. The molecule has 4 heterocycles. The van der Waals surface area contributed by atoms with Crippen LogP contribution < -0.4 is 0 Å². The van der Waals surface area contributed by atoms with E-state index in [9.17, 15) is 9.50 Å². The highest BCUT2D eigenvalue weighted by molar-refractivity contribution is 5.89. The second kappa shape index (κ2) is 6.39. The fraction of sp³-hybridized carbons (Fsp3) is 0.435. The van der Waals surface area contributed by atoms with Gasteiger partial charge in [0.2, 0.25) is 0 Å². The smallest absolute Gasteiger partial charge is 0.124 e. The number of fused-ring (bicyclic) bond motifs is 5. The maximum absolute atomic E-state index is 14.3. The molecule has 1 aromatic carbocycles. The highest BCUT2D eigenvalue weighted by Crippen LogP contribution is 2.44. The molecule has 0 radical (unpaired) electrons. The van der Waals surface area contributed by atoms with Gasteiger partial charge in [-0.05, 0) is 62.6 Å². The Morgan fingerprint density at radius 3 is 2.96 bits per heavy atom. The normalized spacial score (nSPS) is 21.5. The van der Waals surface area contributed by atoms with Crippen molar-refractivity contribution in [2.75, 3.05) is 13.1 Å². The van der Waals surface area contributed by atoms with Gasteiger partial charge in [0.05, 0.1) is 12.1 Å². The lowest BCUT2D eigenvalue weighted by Gasteiger charge is -2.32. The predicted molar refractivity (Wildman–Crippen MR) is 108 cm³/mol. The molecule has 146 valence electrons. The molecule has 1 N–H and O–H groups in total. The number of aromatic nitrogens is 2. The molecule has 2 aliphatic heterocycles. The standard InChI is InChI=1S/C23H26FN3O/c1-15-11-17(24)12-18-21-19-6-4-9-26(19)10-7-20(21)27(22(15)18)14-23(2,28)16-5-3-8-25-13-16/h3,5,8,11-13,19,28H,4,6-7,9-10,14H2,1-2H3. The van der Waals surface area contributed by atoms with Crippen molar-refractivity contribution < 1.29 is 9.50 Å². The van der Waals surface area contributed by atoms with Crippen LogP contribution >= 0.6 is 0 Å². The quantitative estimate of drug-likeness (QED) is 0.745. The van der Waals surface area contributed by atoms with Crippen molar-refractivity contribution in [1.29, 1.82) is 0 Å². The molecule has 0 amide bonds. The van der Waals surface area contributed by atoms with Gasteiger partial charge in [-0.2, -0.15) is 0 Å². The molecule has 0 saturated carbocycles. The molecule has 1 saturated heterocycles. The third-order valence-electron chi connectivity index (χ3n) is 6.54. The van der Waals surface area contributed by atoms with Crippen molar-refractivity contribution in [2.24, 2.45) is 0 Å². The van der Waals surface area contributed by atoms with Gasteiger partial charge in [0.25, 0.3) is 0 Å². The number of rotatable bonds is 3. The average molecular weight is 379 g/mol. The lowest BCUT2D eigenvalue weighted by molar-refractivity contribution is 0.0380. The van der Waals surface area contributed by atoms with Crippen LogP contribution in [0.2, 0.25) is 0 Å². The summed E-state index contributed by atoms with van der Waals surface area (Å²) in [5.74, 6) is -0.181. The van der Waals surface area contributed by atoms with E-state index in [1.54, 1.807) is 24.5 Å². The Bertz CT molecular complexity index is 1040. The van der Waals surface area contributed by atoms with Crippen LogP contribution in [0.15, 0.2) is 36.7 Å². The number of benzene rings is 1. The maximum Gasteiger partial charge on any atom is 0.124 e. The van der Waals surface area contributed by atoms with Crippen molar-refractivity contribution in [3.8, 4) is 0 Å². The van der Waals surface area contributed by atoms with Crippen LogP contribution in [0.1, 0.15) is 48.2 Å². The van der Waals surface area contributed by atoms with E-state index in [2.05, 4.69) is 14.5 Å². The first-order valence-electron chi connectivity index (χ1n) is 10.1. The topological polar surface area (TPSA) is 41.3 Å². The van der Waals surface area contributed by atoms with Gasteiger partial charge in [-0.1, -0.05) is 6.07 Å². The molecular weight excluding hydrogens is 353 g/mol. The van der Waals surface area contributed by atoms with Gasteiger partial charge in [-0.25, -0.2) is 4.39 Å². The first-order chi connectivity index (χ1) is 13.5.